The minimum Gasteiger partial charge on any atom is -0.322 e. The van der Waals surface area contributed by atoms with Crippen LogP contribution in [0.2, 0.25) is 0 Å². The number of hydrogen-bond donors (Lipinski definition) is 1. The van der Waals surface area contributed by atoms with E-state index in [1.807, 2.05) is 55.5 Å². The zero-order valence-corrected chi connectivity index (χ0v) is 18.3. The second kappa shape index (κ2) is 9.75. The number of aromatic nitrogens is 1. The SMILES string of the molecule is Cc1cccc(/C(=C/C=C/C(=O)Nc2cccc3cnccc23)c2ccc(C(F)(F)F)cc2)c1. The van der Waals surface area contributed by atoms with Crippen molar-refractivity contribution in [2.24, 2.45) is 0 Å². The van der Waals surface area contributed by atoms with Crippen molar-refractivity contribution >= 4 is 27.9 Å². The summed E-state index contributed by atoms with van der Waals surface area (Å²) < 4.78 is 39.0. The molecule has 1 amide bonds. The predicted molar refractivity (Wildman–Crippen MR) is 129 cm³/mol. The van der Waals surface area contributed by atoms with Gasteiger partial charge in [-0.25, -0.2) is 0 Å². The molecule has 0 saturated heterocycles. The first-order valence-electron chi connectivity index (χ1n) is 10.6. The molecule has 3 nitrogen and oxygen atoms in total. The van der Waals surface area contributed by atoms with Gasteiger partial charge in [-0.1, -0.05) is 66.2 Å². The smallest absolute Gasteiger partial charge is 0.322 e. The molecule has 170 valence electrons. The van der Waals surface area contributed by atoms with Crippen molar-refractivity contribution in [1.82, 2.24) is 4.98 Å². The second-order valence-electron chi connectivity index (χ2n) is 7.78. The molecular formula is C28H21F3N2O. The average Bonchev–Trinajstić information content (AvgIpc) is 2.82. The van der Waals surface area contributed by atoms with E-state index >= 15 is 0 Å². The fraction of sp³-hybridized carbons (Fsp3) is 0.0714. The summed E-state index contributed by atoms with van der Waals surface area (Å²) >= 11 is 0. The number of alkyl halides is 3. The Morgan fingerprint density at radius 2 is 1.71 bits per heavy atom. The summed E-state index contributed by atoms with van der Waals surface area (Å²) in [5, 5.41) is 4.65. The maximum absolute atomic E-state index is 13.0. The first-order valence-corrected chi connectivity index (χ1v) is 10.6. The van der Waals surface area contributed by atoms with E-state index in [9.17, 15) is 18.0 Å². The van der Waals surface area contributed by atoms with Crippen LogP contribution in [0.4, 0.5) is 18.9 Å². The number of benzene rings is 3. The van der Waals surface area contributed by atoms with Crippen LogP contribution >= 0.6 is 0 Å². The van der Waals surface area contributed by atoms with Crippen LogP contribution in [-0.4, -0.2) is 10.9 Å². The molecule has 1 heterocycles. The number of rotatable bonds is 5. The van der Waals surface area contributed by atoms with Crippen LogP contribution in [0.1, 0.15) is 22.3 Å². The van der Waals surface area contributed by atoms with Gasteiger partial charge in [0.05, 0.1) is 5.56 Å². The highest BCUT2D eigenvalue weighted by Gasteiger charge is 2.30. The molecule has 0 atom stereocenters. The molecule has 0 saturated carbocycles. The van der Waals surface area contributed by atoms with Gasteiger partial charge in [-0.3, -0.25) is 9.78 Å². The number of allylic oxidation sites excluding steroid dienone is 2. The molecule has 0 aliphatic carbocycles. The van der Waals surface area contributed by atoms with E-state index in [-0.39, 0.29) is 5.91 Å². The van der Waals surface area contributed by atoms with Crippen LogP contribution in [0.15, 0.2) is 103 Å². The molecule has 0 radical (unpaired) electrons. The van der Waals surface area contributed by atoms with Crippen LogP contribution in [0.3, 0.4) is 0 Å². The van der Waals surface area contributed by atoms with E-state index < -0.39 is 11.7 Å². The zero-order chi connectivity index (χ0) is 24.1. The highest BCUT2D eigenvalue weighted by Crippen LogP contribution is 2.31. The van der Waals surface area contributed by atoms with Gasteiger partial charge in [-0.2, -0.15) is 13.2 Å². The van der Waals surface area contributed by atoms with Crippen molar-refractivity contribution < 1.29 is 18.0 Å². The van der Waals surface area contributed by atoms with Gasteiger partial charge in [-0.15, -0.1) is 0 Å². The summed E-state index contributed by atoms with van der Waals surface area (Å²) in [6.45, 7) is 1.94. The number of carbonyl (C=O) groups is 1. The Morgan fingerprint density at radius 1 is 0.941 bits per heavy atom. The molecule has 0 unspecified atom stereocenters. The lowest BCUT2D eigenvalue weighted by molar-refractivity contribution is -0.137. The van der Waals surface area contributed by atoms with Crippen molar-refractivity contribution in [3.63, 3.8) is 0 Å². The molecule has 4 aromatic rings. The van der Waals surface area contributed by atoms with Gasteiger partial charge in [-0.05, 0) is 47.9 Å². The summed E-state index contributed by atoms with van der Waals surface area (Å²) in [5.41, 5.74) is 3.14. The number of nitrogens with zero attached hydrogens (tertiary/aromatic N) is 1. The summed E-state index contributed by atoms with van der Waals surface area (Å²) in [6, 6.07) is 20.0. The quantitative estimate of drug-likeness (QED) is 0.254. The Balaban J connectivity index is 1.62. The Labute approximate surface area is 195 Å². The van der Waals surface area contributed by atoms with E-state index in [0.717, 1.165) is 34.0 Å². The number of anilines is 1. The van der Waals surface area contributed by atoms with Gasteiger partial charge in [0.25, 0.3) is 0 Å². The minimum atomic E-state index is -4.40. The third-order valence-electron chi connectivity index (χ3n) is 5.30. The fourth-order valence-electron chi connectivity index (χ4n) is 3.65. The molecule has 3 aromatic carbocycles. The number of amides is 1. The van der Waals surface area contributed by atoms with Crippen LogP contribution in [-0.2, 0) is 11.0 Å². The number of pyridine rings is 1. The van der Waals surface area contributed by atoms with Crippen molar-refractivity contribution in [3.8, 4) is 0 Å². The van der Waals surface area contributed by atoms with Crippen LogP contribution in [0.5, 0.6) is 0 Å². The standard InChI is InChI=1S/C28H21F3N2O/c1-19-5-2-6-21(17-19)24(20-11-13-23(14-12-20)28(29,30)31)8-4-10-27(34)33-26-9-3-7-22-18-32-16-15-25(22)26/h2-18H,1H3,(H,33,34)/b10-4+,24-8+. The van der Waals surface area contributed by atoms with Gasteiger partial charge in [0, 0.05) is 34.9 Å². The fourth-order valence-corrected chi connectivity index (χ4v) is 3.65. The van der Waals surface area contributed by atoms with Crippen molar-refractivity contribution in [2.75, 3.05) is 5.32 Å². The predicted octanol–water partition coefficient (Wildman–Crippen LogP) is 7.19. The number of halogens is 3. The van der Waals surface area contributed by atoms with E-state index in [2.05, 4.69) is 10.3 Å². The first-order chi connectivity index (χ1) is 16.3. The second-order valence-corrected chi connectivity index (χ2v) is 7.78. The number of hydrogen-bond acceptors (Lipinski definition) is 2. The molecule has 6 heteroatoms. The highest BCUT2D eigenvalue weighted by molar-refractivity contribution is 6.06. The molecule has 1 aromatic heterocycles. The summed E-state index contributed by atoms with van der Waals surface area (Å²) in [7, 11) is 0. The van der Waals surface area contributed by atoms with Crippen LogP contribution in [0, 0.1) is 6.92 Å². The lowest BCUT2D eigenvalue weighted by atomic mass is 9.95. The molecule has 0 aliphatic heterocycles. The molecule has 0 bridgehead atoms. The normalized spacial score (nSPS) is 12.3. The van der Waals surface area contributed by atoms with E-state index in [1.54, 1.807) is 24.5 Å². The zero-order valence-electron chi connectivity index (χ0n) is 18.3. The summed E-state index contributed by atoms with van der Waals surface area (Å²) in [6.07, 6.45) is 3.69. The van der Waals surface area contributed by atoms with Crippen LogP contribution < -0.4 is 5.32 Å². The number of nitrogens with one attached hydrogen (secondary N) is 1. The Bertz CT molecular complexity index is 1380. The van der Waals surface area contributed by atoms with E-state index in [4.69, 9.17) is 0 Å². The average molecular weight is 458 g/mol. The maximum atomic E-state index is 13.0. The van der Waals surface area contributed by atoms with Gasteiger partial charge in [0.2, 0.25) is 5.91 Å². The van der Waals surface area contributed by atoms with Gasteiger partial charge >= 0.3 is 6.18 Å². The summed E-state index contributed by atoms with van der Waals surface area (Å²) in [5.74, 6) is -0.323. The largest absolute Gasteiger partial charge is 0.416 e. The van der Waals surface area contributed by atoms with Crippen molar-refractivity contribution in [3.05, 3.63) is 126 Å². The van der Waals surface area contributed by atoms with Gasteiger partial charge in [0.15, 0.2) is 0 Å². The van der Waals surface area contributed by atoms with E-state index in [1.165, 1.54) is 18.2 Å². The number of fused-ring (bicyclic) bond motifs is 1. The molecular weight excluding hydrogens is 437 g/mol. The number of aryl methyl sites for hydroxylation is 1. The van der Waals surface area contributed by atoms with Gasteiger partial charge in [0.1, 0.15) is 0 Å². The maximum Gasteiger partial charge on any atom is 0.416 e. The molecule has 4 rings (SSSR count). The minimum absolute atomic E-state index is 0.323. The molecule has 0 spiro atoms. The third-order valence-corrected chi connectivity index (χ3v) is 5.30. The molecule has 0 aliphatic rings. The third kappa shape index (κ3) is 5.41. The summed E-state index contributed by atoms with van der Waals surface area (Å²) in [4.78, 5) is 16.6. The van der Waals surface area contributed by atoms with Crippen LogP contribution in [0.25, 0.3) is 16.3 Å². The first kappa shape index (κ1) is 23.0. The molecule has 0 fully saturated rings. The Morgan fingerprint density at radius 3 is 2.44 bits per heavy atom. The van der Waals surface area contributed by atoms with Crippen molar-refractivity contribution in [2.45, 2.75) is 13.1 Å². The Hall–Kier alpha value is -4.19. The molecule has 1 N–H and O–H groups in total. The van der Waals surface area contributed by atoms with Crippen molar-refractivity contribution in [1.29, 1.82) is 0 Å². The highest BCUT2D eigenvalue weighted by atomic mass is 19.4. The number of carbonyl (C=O) groups excluding carboxylic acids is 1. The topological polar surface area (TPSA) is 42.0 Å². The lowest BCUT2D eigenvalue weighted by Gasteiger charge is -2.11. The van der Waals surface area contributed by atoms with Gasteiger partial charge < -0.3 is 5.32 Å². The monoisotopic (exact) mass is 458 g/mol. The van der Waals surface area contributed by atoms with E-state index in [0.29, 0.717) is 16.8 Å². The Kier molecular flexibility index (Phi) is 6.59. The molecule has 34 heavy (non-hydrogen) atoms. The lowest BCUT2D eigenvalue weighted by Crippen LogP contribution is -2.08.